The average Bonchev–Trinajstić information content (AvgIpc) is 3.25. The van der Waals surface area contributed by atoms with Crippen molar-refractivity contribution in [1.29, 1.82) is 0 Å². The Morgan fingerprint density at radius 2 is 2.19 bits per heavy atom. The molecule has 1 fully saturated rings. The zero-order valence-corrected chi connectivity index (χ0v) is 18.1. The number of amides is 1. The molecule has 2 heterocycles. The summed E-state index contributed by atoms with van der Waals surface area (Å²) in [6, 6.07) is 8.12. The summed E-state index contributed by atoms with van der Waals surface area (Å²) in [7, 11) is 1.52. The SMILES string of the molecule is COc1cc2c(Nc3cccc(Cl)c3F)ncnc2cc1O[C@@H]1CCN(C(=O)CCO)C1. The van der Waals surface area contributed by atoms with E-state index in [0.29, 0.717) is 47.7 Å². The van der Waals surface area contributed by atoms with Gasteiger partial charge in [-0.3, -0.25) is 4.79 Å². The Bertz CT molecular complexity index is 1150. The van der Waals surface area contributed by atoms with Crippen molar-refractivity contribution in [3.05, 3.63) is 47.5 Å². The van der Waals surface area contributed by atoms with Gasteiger partial charge >= 0.3 is 0 Å². The number of nitrogens with one attached hydrogen (secondary N) is 1. The van der Waals surface area contributed by atoms with Crippen molar-refractivity contribution in [1.82, 2.24) is 14.9 Å². The molecule has 0 spiro atoms. The number of benzene rings is 2. The van der Waals surface area contributed by atoms with E-state index in [0.717, 1.165) is 0 Å². The molecule has 1 aliphatic heterocycles. The van der Waals surface area contributed by atoms with E-state index in [1.54, 1.807) is 29.2 Å². The lowest BCUT2D eigenvalue weighted by atomic mass is 10.2. The molecule has 2 N–H and O–H groups in total. The number of hydrogen-bond donors (Lipinski definition) is 2. The molecule has 8 nitrogen and oxygen atoms in total. The van der Waals surface area contributed by atoms with Crippen molar-refractivity contribution in [3.63, 3.8) is 0 Å². The molecule has 3 aromatic rings. The van der Waals surface area contributed by atoms with Crippen molar-refractivity contribution in [3.8, 4) is 11.5 Å². The number of rotatable bonds is 7. The van der Waals surface area contributed by atoms with Gasteiger partial charge in [-0.1, -0.05) is 17.7 Å². The van der Waals surface area contributed by atoms with Crippen LogP contribution in [0, 0.1) is 5.82 Å². The maximum absolute atomic E-state index is 14.3. The van der Waals surface area contributed by atoms with E-state index < -0.39 is 5.82 Å². The monoisotopic (exact) mass is 460 g/mol. The molecule has 0 saturated carbocycles. The van der Waals surface area contributed by atoms with Crippen molar-refractivity contribution in [2.45, 2.75) is 18.9 Å². The van der Waals surface area contributed by atoms with Gasteiger partial charge in [0.15, 0.2) is 17.3 Å². The van der Waals surface area contributed by atoms with E-state index in [1.807, 2.05) is 0 Å². The molecule has 10 heteroatoms. The number of aromatic nitrogens is 2. The van der Waals surface area contributed by atoms with Gasteiger partial charge < -0.3 is 24.8 Å². The summed E-state index contributed by atoms with van der Waals surface area (Å²) in [6.45, 7) is 0.833. The summed E-state index contributed by atoms with van der Waals surface area (Å²) in [5.41, 5.74) is 0.766. The van der Waals surface area contributed by atoms with Crippen LogP contribution in [0.15, 0.2) is 36.7 Å². The van der Waals surface area contributed by atoms with Crippen molar-refractivity contribution in [2.75, 3.05) is 32.1 Å². The number of fused-ring (bicyclic) bond motifs is 1. The predicted octanol–water partition coefficient (Wildman–Crippen LogP) is 3.54. The van der Waals surface area contributed by atoms with E-state index in [4.69, 9.17) is 26.2 Å². The van der Waals surface area contributed by atoms with Gasteiger partial charge in [-0.2, -0.15) is 0 Å². The van der Waals surface area contributed by atoms with E-state index in [9.17, 15) is 9.18 Å². The van der Waals surface area contributed by atoms with E-state index in [1.165, 1.54) is 19.5 Å². The fourth-order valence-corrected chi connectivity index (χ4v) is 3.80. The Kier molecular flexibility index (Phi) is 6.57. The number of carbonyl (C=O) groups is 1. The second kappa shape index (κ2) is 9.54. The lowest BCUT2D eigenvalue weighted by Gasteiger charge is -2.19. The largest absolute Gasteiger partial charge is 0.493 e. The molecule has 1 aliphatic rings. The van der Waals surface area contributed by atoms with Gasteiger partial charge in [-0.05, 0) is 18.2 Å². The average molecular weight is 461 g/mol. The first kappa shape index (κ1) is 22.0. The number of carbonyl (C=O) groups excluding carboxylic acids is 1. The van der Waals surface area contributed by atoms with E-state index in [2.05, 4.69) is 15.3 Å². The zero-order valence-electron chi connectivity index (χ0n) is 17.3. The molecule has 4 rings (SSSR count). The van der Waals surface area contributed by atoms with Gasteiger partial charge in [0, 0.05) is 30.8 Å². The van der Waals surface area contributed by atoms with Gasteiger partial charge in [0.25, 0.3) is 0 Å². The van der Waals surface area contributed by atoms with Crippen LogP contribution in [0.25, 0.3) is 10.9 Å². The third kappa shape index (κ3) is 4.53. The fourth-order valence-electron chi connectivity index (χ4n) is 3.63. The van der Waals surface area contributed by atoms with Crippen LogP contribution in [0.5, 0.6) is 11.5 Å². The van der Waals surface area contributed by atoms with Crippen molar-refractivity contribution < 1.29 is 23.8 Å². The molecule has 1 atom stereocenters. The Morgan fingerprint density at radius 1 is 1.34 bits per heavy atom. The molecular weight excluding hydrogens is 439 g/mol. The van der Waals surface area contributed by atoms with E-state index in [-0.39, 0.29) is 35.7 Å². The number of hydrogen-bond acceptors (Lipinski definition) is 7. The van der Waals surface area contributed by atoms with Gasteiger partial charge in [-0.25, -0.2) is 14.4 Å². The Balaban J connectivity index is 1.59. The number of aliphatic hydroxyl groups is 1. The minimum Gasteiger partial charge on any atom is -0.493 e. The van der Waals surface area contributed by atoms with E-state index >= 15 is 0 Å². The van der Waals surface area contributed by atoms with Crippen LogP contribution in [-0.4, -0.2) is 58.8 Å². The predicted molar refractivity (Wildman–Crippen MR) is 118 cm³/mol. The van der Waals surface area contributed by atoms with Gasteiger partial charge in [-0.15, -0.1) is 0 Å². The topological polar surface area (TPSA) is 96.8 Å². The van der Waals surface area contributed by atoms with Crippen molar-refractivity contribution >= 4 is 39.9 Å². The normalized spacial score (nSPS) is 15.8. The maximum Gasteiger partial charge on any atom is 0.225 e. The van der Waals surface area contributed by atoms with Crippen LogP contribution in [0.4, 0.5) is 15.9 Å². The fraction of sp³-hybridized carbons (Fsp3) is 0.318. The van der Waals surface area contributed by atoms with Gasteiger partial charge in [0.1, 0.15) is 18.2 Å². The number of ether oxygens (including phenoxy) is 2. The van der Waals surface area contributed by atoms with Crippen LogP contribution >= 0.6 is 11.6 Å². The number of nitrogens with zero attached hydrogens (tertiary/aromatic N) is 3. The quantitative estimate of drug-likeness (QED) is 0.556. The van der Waals surface area contributed by atoms with Crippen LogP contribution in [0.3, 0.4) is 0 Å². The highest BCUT2D eigenvalue weighted by Gasteiger charge is 2.28. The molecule has 1 aromatic heterocycles. The summed E-state index contributed by atoms with van der Waals surface area (Å²) in [6.07, 6.45) is 1.94. The third-order valence-corrected chi connectivity index (χ3v) is 5.53. The van der Waals surface area contributed by atoms with Crippen LogP contribution in [-0.2, 0) is 4.79 Å². The Labute approximate surface area is 188 Å². The molecule has 1 amide bonds. The smallest absolute Gasteiger partial charge is 0.225 e. The first-order valence-electron chi connectivity index (χ1n) is 10.1. The summed E-state index contributed by atoms with van der Waals surface area (Å²) in [5.74, 6) is 0.667. The Morgan fingerprint density at radius 3 is 2.97 bits per heavy atom. The van der Waals surface area contributed by atoms with Gasteiger partial charge in [0.05, 0.1) is 36.5 Å². The lowest BCUT2D eigenvalue weighted by molar-refractivity contribution is -0.131. The highest BCUT2D eigenvalue weighted by molar-refractivity contribution is 6.31. The molecule has 0 bridgehead atoms. The summed E-state index contributed by atoms with van der Waals surface area (Å²) in [5, 5.41) is 12.5. The van der Waals surface area contributed by atoms with Crippen molar-refractivity contribution in [2.24, 2.45) is 0 Å². The standard InChI is InChI=1S/C22H22ClFN4O4/c1-31-18-9-14-17(10-19(18)32-13-5-7-28(11-13)20(30)6-8-29)25-12-26-22(14)27-16-4-2-3-15(23)21(16)24/h2-4,9-10,12-13,29H,5-8,11H2,1H3,(H,25,26,27)/t13-/m1/s1. The highest BCUT2D eigenvalue weighted by atomic mass is 35.5. The van der Waals surface area contributed by atoms with Crippen LogP contribution in [0.2, 0.25) is 5.02 Å². The summed E-state index contributed by atoms with van der Waals surface area (Å²) >= 11 is 5.87. The second-order valence-corrected chi connectivity index (χ2v) is 7.72. The molecule has 0 aliphatic carbocycles. The zero-order chi connectivity index (χ0) is 22.7. The first-order valence-corrected chi connectivity index (χ1v) is 10.5. The first-order chi connectivity index (χ1) is 15.5. The summed E-state index contributed by atoms with van der Waals surface area (Å²) in [4.78, 5) is 22.2. The number of halogens is 2. The maximum atomic E-state index is 14.3. The number of aliphatic hydroxyl groups excluding tert-OH is 1. The number of methoxy groups -OCH3 is 1. The second-order valence-electron chi connectivity index (χ2n) is 7.31. The van der Waals surface area contributed by atoms with Crippen LogP contribution in [0.1, 0.15) is 12.8 Å². The Hall–Kier alpha value is -3.17. The number of likely N-dealkylation sites (tertiary alicyclic amines) is 1. The minimum atomic E-state index is -0.575. The number of anilines is 2. The molecular formula is C22H22ClFN4O4. The molecule has 168 valence electrons. The molecule has 32 heavy (non-hydrogen) atoms. The lowest BCUT2D eigenvalue weighted by Crippen LogP contribution is -2.31. The van der Waals surface area contributed by atoms with Gasteiger partial charge in [0.2, 0.25) is 5.91 Å². The molecule has 2 aromatic carbocycles. The molecule has 0 unspecified atom stereocenters. The molecule has 0 radical (unpaired) electrons. The third-order valence-electron chi connectivity index (χ3n) is 5.24. The minimum absolute atomic E-state index is 0.00436. The van der Waals surface area contributed by atoms with Crippen LogP contribution < -0.4 is 14.8 Å². The summed E-state index contributed by atoms with van der Waals surface area (Å²) < 4.78 is 26.0. The molecule has 1 saturated heterocycles. The highest BCUT2D eigenvalue weighted by Crippen LogP contribution is 2.36.